The Morgan fingerprint density at radius 2 is 1.59 bits per heavy atom. The Balaban J connectivity index is 1.64. The summed E-state index contributed by atoms with van der Waals surface area (Å²) in [5.41, 5.74) is 8.56. The first-order chi connectivity index (χ1) is 19.8. The van der Waals surface area contributed by atoms with Crippen LogP contribution in [0.3, 0.4) is 0 Å². The summed E-state index contributed by atoms with van der Waals surface area (Å²) in [6.45, 7) is 1.15. The predicted molar refractivity (Wildman–Crippen MR) is 170 cm³/mol. The number of anilines is 1. The second kappa shape index (κ2) is 19.5. The Kier molecular flexibility index (Phi) is 16.0. The maximum absolute atomic E-state index is 12.4. The number of rotatable bonds is 18. The standard InChI is InChI=1S/C29H39N7O3S2/c1-4-18-31-29(39)26(7-5-6-17-30)33-27(37)16-20-40-41-21-19-32-28(38)22-8-10-23(11-9-22)34-35-24-12-14-25(15-13-24)36(2)3/h1,8-15,26H,5-7,16-21,30H2,2-3H3,(H,31,39)(H,32,38)(H,33,37)/b35-34+. The molecule has 2 aromatic carbocycles. The van der Waals surface area contributed by atoms with Crippen LogP contribution in [0, 0.1) is 12.3 Å². The zero-order valence-corrected chi connectivity index (χ0v) is 25.2. The fourth-order valence-corrected chi connectivity index (χ4v) is 5.36. The summed E-state index contributed by atoms with van der Waals surface area (Å²) in [5.74, 6) is 3.00. The third kappa shape index (κ3) is 13.6. The minimum Gasteiger partial charge on any atom is -0.378 e. The Labute approximate surface area is 250 Å². The fraction of sp³-hybridized carbons (Fsp3) is 0.414. The predicted octanol–water partition coefficient (Wildman–Crippen LogP) is 4.03. The van der Waals surface area contributed by atoms with Gasteiger partial charge in [-0.2, -0.15) is 10.2 Å². The molecule has 10 nitrogen and oxygen atoms in total. The van der Waals surface area contributed by atoms with E-state index in [0.29, 0.717) is 42.3 Å². The summed E-state index contributed by atoms with van der Waals surface area (Å²) >= 11 is 0. The normalized spacial score (nSPS) is 11.5. The van der Waals surface area contributed by atoms with Crippen molar-refractivity contribution in [3.8, 4) is 12.3 Å². The van der Waals surface area contributed by atoms with Crippen molar-refractivity contribution < 1.29 is 14.4 Å². The highest BCUT2D eigenvalue weighted by molar-refractivity contribution is 8.76. The van der Waals surface area contributed by atoms with Gasteiger partial charge in [0.05, 0.1) is 17.9 Å². The molecule has 0 aliphatic heterocycles. The van der Waals surface area contributed by atoms with E-state index in [4.69, 9.17) is 12.2 Å². The molecule has 12 heteroatoms. The van der Waals surface area contributed by atoms with Crippen LogP contribution in [0.2, 0.25) is 0 Å². The van der Waals surface area contributed by atoms with E-state index in [-0.39, 0.29) is 30.7 Å². The van der Waals surface area contributed by atoms with Gasteiger partial charge in [-0.25, -0.2) is 0 Å². The Bertz CT molecular complexity index is 1170. The van der Waals surface area contributed by atoms with Crippen molar-refractivity contribution in [1.82, 2.24) is 16.0 Å². The van der Waals surface area contributed by atoms with E-state index in [2.05, 4.69) is 32.1 Å². The summed E-state index contributed by atoms with van der Waals surface area (Å²) in [7, 11) is 7.07. The van der Waals surface area contributed by atoms with Crippen LogP contribution in [-0.2, 0) is 9.59 Å². The SMILES string of the molecule is C#CCNC(=O)C(CCCCN)NC(=O)CCSSCCNC(=O)c1ccc(/N=N/c2ccc(N(C)C)cc2)cc1. The van der Waals surface area contributed by atoms with Gasteiger partial charge in [0, 0.05) is 49.8 Å². The first kappa shape index (κ1) is 33.7. The first-order valence-electron chi connectivity index (χ1n) is 13.4. The van der Waals surface area contributed by atoms with Crippen LogP contribution in [0.4, 0.5) is 17.1 Å². The molecule has 3 amide bonds. The number of nitrogens with one attached hydrogen (secondary N) is 3. The van der Waals surface area contributed by atoms with Gasteiger partial charge in [-0.05, 0) is 74.3 Å². The van der Waals surface area contributed by atoms with E-state index in [9.17, 15) is 14.4 Å². The third-order valence-corrected chi connectivity index (χ3v) is 8.11. The number of unbranched alkanes of at least 4 members (excludes halogenated alkanes) is 1. The average molecular weight is 598 g/mol. The largest absolute Gasteiger partial charge is 0.378 e. The minimum absolute atomic E-state index is 0.121. The van der Waals surface area contributed by atoms with Crippen LogP contribution in [0.1, 0.15) is 36.0 Å². The second-order valence-corrected chi connectivity index (χ2v) is 11.8. The zero-order chi connectivity index (χ0) is 29.9. The van der Waals surface area contributed by atoms with E-state index < -0.39 is 6.04 Å². The number of terminal acetylenes is 1. The summed E-state index contributed by atoms with van der Waals surface area (Å²) in [6, 6.07) is 14.1. The highest BCUT2D eigenvalue weighted by Crippen LogP contribution is 2.22. The average Bonchev–Trinajstić information content (AvgIpc) is 2.98. The molecular weight excluding hydrogens is 558 g/mol. The number of carbonyl (C=O) groups is 3. The van der Waals surface area contributed by atoms with E-state index in [0.717, 1.165) is 24.2 Å². The van der Waals surface area contributed by atoms with Gasteiger partial charge < -0.3 is 26.6 Å². The maximum atomic E-state index is 12.4. The molecule has 1 atom stereocenters. The van der Waals surface area contributed by atoms with Gasteiger partial charge in [0.2, 0.25) is 11.8 Å². The molecule has 0 aromatic heterocycles. The number of nitrogens with zero attached hydrogens (tertiary/aromatic N) is 3. The molecule has 2 rings (SSSR count). The zero-order valence-electron chi connectivity index (χ0n) is 23.6. The Morgan fingerprint density at radius 3 is 2.20 bits per heavy atom. The van der Waals surface area contributed by atoms with Gasteiger partial charge in [0.25, 0.3) is 5.91 Å². The van der Waals surface area contributed by atoms with E-state index >= 15 is 0 Å². The number of nitrogens with two attached hydrogens (primary N) is 1. The molecule has 2 aromatic rings. The lowest BCUT2D eigenvalue weighted by atomic mass is 10.1. The Hall–Kier alpha value is -3.53. The maximum Gasteiger partial charge on any atom is 0.251 e. The van der Waals surface area contributed by atoms with Crippen LogP contribution in [0.5, 0.6) is 0 Å². The smallest absolute Gasteiger partial charge is 0.251 e. The van der Waals surface area contributed by atoms with Gasteiger partial charge in [0.1, 0.15) is 6.04 Å². The molecule has 0 spiro atoms. The lowest BCUT2D eigenvalue weighted by Crippen LogP contribution is -2.47. The number of benzene rings is 2. The van der Waals surface area contributed by atoms with Crippen molar-refractivity contribution in [3.05, 3.63) is 54.1 Å². The van der Waals surface area contributed by atoms with Crippen LogP contribution >= 0.6 is 21.6 Å². The van der Waals surface area contributed by atoms with Crippen molar-refractivity contribution in [1.29, 1.82) is 0 Å². The second-order valence-electron chi connectivity index (χ2n) is 9.13. The van der Waals surface area contributed by atoms with E-state index in [1.165, 1.54) is 0 Å². The monoisotopic (exact) mass is 597 g/mol. The molecule has 0 bridgehead atoms. The molecule has 0 aliphatic carbocycles. The van der Waals surface area contributed by atoms with Crippen molar-refractivity contribution in [2.24, 2.45) is 16.0 Å². The Morgan fingerprint density at radius 1 is 0.951 bits per heavy atom. The van der Waals surface area contributed by atoms with Crippen LogP contribution in [-0.4, -0.2) is 69.0 Å². The molecule has 5 N–H and O–H groups in total. The molecule has 0 saturated heterocycles. The minimum atomic E-state index is -0.618. The lowest BCUT2D eigenvalue weighted by Gasteiger charge is -2.17. The molecule has 220 valence electrons. The first-order valence-corrected chi connectivity index (χ1v) is 15.8. The molecule has 1 unspecified atom stereocenters. The highest BCUT2D eigenvalue weighted by Gasteiger charge is 2.19. The van der Waals surface area contributed by atoms with E-state index in [1.807, 2.05) is 43.3 Å². The van der Waals surface area contributed by atoms with Gasteiger partial charge in [-0.15, -0.1) is 6.42 Å². The topological polar surface area (TPSA) is 141 Å². The molecule has 0 aliphatic rings. The van der Waals surface area contributed by atoms with Crippen molar-refractivity contribution in [2.45, 2.75) is 31.7 Å². The molecule has 0 saturated carbocycles. The van der Waals surface area contributed by atoms with Crippen LogP contribution < -0.4 is 26.6 Å². The number of hydrogen-bond acceptors (Lipinski definition) is 9. The van der Waals surface area contributed by atoms with Gasteiger partial charge >= 0.3 is 0 Å². The summed E-state index contributed by atoms with van der Waals surface area (Å²) < 4.78 is 0. The van der Waals surface area contributed by atoms with Crippen molar-refractivity contribution in [3.63, 3.8) is 0 Å². The quantitative estimate of drug-likeness (QED) is 0.0880. The molecule has 41 heavy (non-hydrogen) atoms. The van der Waals surface area contributed by atoms with Crippen LogP contribution in [0.15, 0.2) is 58.8 Å². The molecule has 0 radical (unpaired) electrons. The molecular formula is C29H39N7O3S2. The number of azo groups is 1. The van der Waals surface area contributed by atoms with Crippen LogP contribution in [0.25, 0.3) is 0 Å². The molecule has 0 heterocycles. The number of carbonyl (C=O) groups excluding carboxylic acids is 3. The molecule has 0 fully saturated rings. The van der Waals surface area contributed by atoms with Crippen molar-refractivity contribution >= 4 is 56.4 Å². The lowest BCUT2D eigenvalue weighted by molar-refractivity contribution is -0.128. The number of hydrogen-bond donors (Lipinski definition) is 4. The number of amides is 3. The highest BCUT2D eigenvalue weighted by atomic mass is 33.1. The fourth-order valence-electron chi connectivity index (χ4n) is 3.46. The van der Waals surface area contributed by atoms with Gasteiger partial charge in [-0.3, -0.25) is 14.4 Å². The summed E-state index contributed by atoms with van der Waals surface area (Å²) in [5, 5.41) is 16.8. The van der Waals surface area contributed by atoms with Gasteiger partial charge in [0.15, 0.2) is 0 Å². The summed E-state index contributed by atoms with van der Waals surface area (Å²) in [4.78, 5) is 39.0. The van der Waals surface area contributed by atoms with Gasteiger partial charge in [-0.1, -0.05) is 27.5 Å². The van der Waals surface area contributed by atoms with Crippen molar-refractivity contribution in [2.75, 3.05) is 50.1 Å². The third-order valence-electron chi connectivity index (χ3n) is 5.71. The summed E-state index contributed by atoms with van der Waals surface area (Å²) in [6.07, 6.45) is 7.51. The van der Waals surface area contributed by atoms with E-state index in [1.54, 1.807) is 45.9 Å².